The van der Waals surface area contributed by atoms with Crippen molar-refractivity contribution >= 4 is 16.0 Å². The van der Waals surface area contributed by atoms with Crippen molar-refractivity contribution in [3.8, 4) is 11.5 Å². The molecule has 0 amide bonds. The molecule has 162 valence electrons. The number of hydrogen-bond donors (Lipinski definition) is 1. The maximum atomic E-state index is 13.5. The summed E-state index contributed by atoms with van der Waals surface area (Å²) in [7, 11) is -3.88. The maximum absolute atomic E-state index is 13.5. The minimum absolute atomic E-state index is 0.194. The Balaban J connectivity index is 2.12. The minimum atomic E-state index is -3.88. The van der Waals surface area contributed by atoms with E-state index in [-0.39, 0.29) is 17.9 Å². The lowest BCUT2D eigenvalue weighted by atomic mass is 9.91. The summed E-state index contributed by atoms with van der Waals surface area (Å²) >= 11 is 0. The van der Waals surface area contributed by atoms with Gasteiger partial charge in [0, 0.05) is 6.54 Å². The first-order valence-electron chi connectivity index (χ1n) is 10.0. The quantitative estimate of drug-likeness (QED) is 0.684. The highest BCUT2D eigenvalue weighted by atomic mass is 32.2. The van der Waals surface area contributed by atoms with E-state index in [1.54, 1.807) is 37.3 Å². The highest BCUT2D eigenvalue weighted by Gasteiger charge is 2.39. The molecule has 0 saturated heterocycles. The van der Waals surface area contributed by atoms with Crippen LogP contribution in [-0.2, 0) is 21.2 Å². The Kier molecular flexibility index (Phi) is 6.67. The van der Waals surface area contributed by atoms with Crippen LogP contribution in [0.2, 0.25) is 0 Å². The van der Waals surface area contributed by atoms with Crippen LogP contribution in [0, 0.1) is 6.92 Å². The molecule has 30 heavy (non-hydrogen) atoms. The van der Waals surface area contributed by atoms with Gasteiger partial charge in [-0.1, -0.05) is 18.2 Å². The third-order valence-corrected chi connectivity index (χ3v) is 7.23. The van der Waals surface area contributed by atoms with Gasteiger partial charge in [0.15, 0.2) is 11.5 Å². The second-order valence-electron chi connectivity index (χ2n) is 7.11. The molecular formula is C22H27NO6S. The minimum Gasteiger partial charge on any atom is -0.490 e. The van der Waals surface area contributed by atoms with Gasteiger partial charge in [-0.25, -0.2) is 8.42 Å². The molecule has 1 atom stereocenters. The van der Waals surface area contributed by atoms with Crippen LogP contribution >= 0.6 is 0 Å². The molecule has 1 heterocycles. The zero-order valence-corrected chi connectivity index (χ0v) is 18.2. The van der Waals surface area contributed by atoms with Gasteiger partial charge in [-0.15, -0.1) is 0 Å². The van der Waals surface area contributed by atoms with Crippen LogP contribution < -0.4 is 9.47 Å². The molecule has 1 N–H and O–H groups in total. The van der Waals surface area contributed by atoms with Gasteiger partial charge >= 0.3 is 5.97 Å². The van der Waals surface area contributed by atoms with Crippen molar-refractivity contribution in [2.75, 3.05) is 19.8 Å². The summed E-state index contributed by atoms with van der Waals surface area (Å²) in [6.45, 7) is 6.52. The normalized spacial score (nSPS) is 16.7. The highest BCUT2D eigenvalue weighted by molar-refractivity contribution is 7.89. The molecule has 0 aliphatic carbocycles. The highest BCUT2D eigenvalue weighted by Crippen LogP contribution is 2.42. The monoisotopic (exact) mass is 433 g/mol. The fourth-order valence-electron chi connectivity index (χ4n) is 3.86. The van der Waals surface area contributed by atoms with E-state index in [0.29, 0.717) is 42.3 Å². The van der Waals surface area contributed by atoms with Gasteiger partial charge < -0.3 is 14.6 Å². The molecular weight excluding hydrogens is 406 g/mol. The van der Waals surface area contributed by atoms with Gasteiger partial charge in [0.2, 0.25) is 10.0 Å². The molecule has 0 unspecified atom stereocenters. The Morgan fingerprint density at radius 1 is 1.13 bits per heavy atom. The first kappa shape index (κ1) is 22.1. The van der Waals surface area contributed by atoms with Crippen molar-refractivity contribution in [1.82, 2.24) is 4.31 Å². The number of benzene rings is 2. The predicted octanol–water partition coefficient (Wildman–Crippen LogP) is 3.56. The molecule has 0 bridgehead atoms. The molecule has 1 aliphatic heterocycles. The molecule has 7 nitrogen and oxygen atoms in total. The molecule has 0 spiro atoms. The third-order valence-electron chi connectivity index (χ3n) is 5.16. The average Bonchev–Trinajstić information content (AvgIpc) is 2.69. The number of aryl methyl sites for hydroxylation is 1. The molecule has 0 aromatic heterocycles. The first-order chi connectivity index (χ1) is 14.3. The Bertz CT molecular complexity index is 1030. The van der Waals surface area contributed by atoms with E-state index in [9.17, 15) is 18.3 Å². The fraction of sp³-hybridized carbons (Fsp3) is 0.409. The van der Waals surface area contributed by atoms with E-state index in [0.717, 1.165) is 5.56 Å². The summed E-state index contributed by atoms with van der Waals surface area (Å²) in [6, 6.07) is 9.49. The van der Waals surface area contributed by atoms with Crippen LogP contribution in [0.3, 0.4) is 0 Å². The van der Waals surface area contributed by atoms with Crippen molar-refractivity contribution in [3.63, 3.8) is 0 Å². The Morgan fingerprint density at radius 3 is 2.37 bits per heavy atom. The lowest BCUT2D eigenvalue weighted by Gasteiger charge is -2.36. The number of carboxylic acid groups (broad SMARTS) is 1. The number of ether oxygens (including phenoxy) is 2. The van der Waals surface area contributed by atoms with Crippen molar-refractivity contribution in [2.24, 2.45) is 0 Å². The number of carboxylic acids is 1. The van der Waals surface area contributed by atoms with E-state index in [2.05, 4.69) is 0 Å². The molecule has 2 aromatic rings. The second-order valence-corrected chi connectivity index (χ2v) is 8.97. The number of carbonyl (C=O) groups is 1. The standard InChI is InChI=1S/C22H27NO6S/c1-4-28-19-12-16-10-11-23(30(26,27)21-9-7-6-8-15(21)3)18(14-22(24)25)17(16)13-20(19)29-5-2/h6-9,12-13,18H,4-5,10-11,14H2,1-3H3,(H,24,25)/t18-/m0/s1. The number of sulfonamides is 1. The number of hydrogen-bond acceptors (Lipinski definition) is 5. The molecule has 0 saturated carbocycles. The van der Waals surface area contributed by atoms with Gasteiger partial charge in [0.05, 0.1) is 30.6 Å². The van der Waals surface area contributed by atoms with Gasteiger partial charge in [0.1, 0.15) is 0 Å². The summed E-state index contributed by atoms with van der Waals surface area (Å²) < 4.78 is 39.6. The molecule has 2 aromatic carbocycles. The third kappa shape index (κ3) is 4.29. The van der Waals surface area contributed by atoms with Crippen molar-refractivity contribution in [1.29, 1.82) is 0 Å². The maximum Gasteiger partial charge on any atom is 0.305 e. The molecule has 0 radical (unpaired) electrons. The average molecular weight is 434 g/mol. The van der Waals surface area contributed by atoms with Crippen LogP contribution in [0.25, 0.3) is 0 Å². The largest absolute Gasteiger partial charge is 0.490 e. The van der Waals surface area contributed by atoms with Gasteiger partial charge in [-0.3, -0.25) is 4.79 Å². The second kappa shape index (κ2) is 9.06. The fourth-order valence-corrected chi connectivity index (χ4v) is 5.69. The Morgan fingerprint density at radius 2 is 1.77 bits per heavy atom. The first-order valence-corrected chi connectivity index (χ1v) is 11.4. The number of rotatable bonds is 8. The lowest BCUT2D eigenvalue weighted by Crippen LogP contribution is -2.41. The van der Waals surface area contributed by atoms with Crippen LogP contribution in [0.15, 0.2) is 41.3 Å². The van der Waals surface area contributed by atoms with Crippen LogP contribution in [-0.4, -0.2) is 43.6 Å². The molecule has 0 fully saturated rings. The van der Waals surface area contributed by atoms with Crippen molar-refractivity contribution in [3.05, 3.63) is 53.1 Å². The smallest absolute Gasteiger partial charge is 0.305 e. The van der Waals surface area contributed by atoms with Gasteiger partial charge in [0.25, 0.3) is 0 Å². The zero-order chi connectivity index (χ0) is 21.9. The molecule has 1 aliphatic rings. The van der Waals surface area contributed by atoms with Crippen LogP contribution in [0.5, 0.6) is 11.5 Å². The van der Waals surface area contributed by atoms with E-state index in [1.807, 2.05) is 19.9 Å². The van der Waals surface area contributed by atoms with E-state index < -0.39 is 22.0 Å². The van der Waals surface area contributed by atoms with Gasteiger partial charge in [-0.05, 0) is 62.1 Å². The van der Waals surface area contributed by atoms with Crippen molar-refractivity contribution < 1.29 is 27.8 Å². The summed E-state index contributed by atoms with van der Waals surface area (Å²) in [5, 5.41) is 9.53. The van der Waals surface area contributed by atoms with Crippen LogP contribution in [0.1, 0.15) is 43.0 Å². The van der Waals surface area contributed by atoms with E-state index in [1.165, 1.54) is 4.31 Å². The Hall–Kier alpha value is -2.58. The molecule has 3 rings (SSSR count). The lowest BCUT2D eigenvalue weighted by molar-refractivity contribution is -0.138. The summed E-state index contributed by atoms with van der Waals surface area (Å²) in [5.41, 5.74) is 2.15. The van der Waals surface area contributed by atoms with Gasteiger partial charge in [-0.2, -0.15) is 4.31 Å². The number of nitrogens with zero attached hydrogens (tertiary/aromatic N) is 1. The van der Waals surface area contributed by atoms with E-state index >= 15 is 0 Å². The van der Waals surface area contributed by atoms with E-state index in [4.69, 9.17) is 9.47 Å². The van der Waals surface area contributed by atoms with Crippen LogP contribution in [0.4, 0.5) is 0 Å². The number of aliphatic carboxylic acids is 1. The Labute approximate surface area is 177 Å². The summed E-state index contributed by atoms with van der Waals surface area (Å²) in [6.07, 6.45) is 0.126. The zero-order valence-electron chi connectivity index (χ0n) is 17.4. The summed E-state index contributed by atoms with van der Waals surface area (Å²) in [4.78, 5) is 11.9. The van der Waals surface area contributed by atoms with Crippen molar-refractivity contribution in [2.45, 2.75) is 44.6 Å². The number of fused-ring (bicyclic) bond motifs is 1. The SMILES string of the molecule is CCOc1cc2c(cc1OCC)[C@H](CC(=O)O)N(S(=O)(=O)c1ccccc1C)CC2. The predicted molar refractivity (Wildman–Crippen MR) is 113 cm³/mol. The molecule has 8 heteroatoms. The topological polar surface area (TPSA) is 93.1 Å². The summed E-state index contributed by atoms with van der Waals surface area (Å²) in [5.74, 6) is 0.00990.